The smallest absolute Gasteiger partial charge is 0.0719 e. The van der Waals surface area contributed by atoms with Gasteiger partial charge in [0.25, 0.3) is 0 Å². The lowest BCUT2D eigenvalue weighted by molar-refractivity contribution is 0.412. The summed E-state index contributed by atoms with van der Waals surface area (Å²) in [6.45, 7) is 6.99. The molecule has 0 aliphatic heterocycles. The van der Waals surface area contributed by atoms with Gasteiger partial charge in [0, 0.05) is 18.4 Å². The highest BCUT2D eigenvalue weighted by atomic mass is 31.1. The molecule has 0 fully saturated rings. The molecule has 0 aliphatic rings. The van der Waals surface area contributed by atoms with Gasteiger partial charge in [0.1, 0.15) is 0 Å². The largest absolute Gasteiger partial charge is 0.272 e. The number of benzene rings is 1. The van der Waals surface area contributed by atoms with Crippen molar-refractivity contribution in [2.45, 2.75) is 39.5 Å². The van der Waals surface area contributed by atoms with Gasteiger partial charge in [-0.1, -0.05) is 57.0 Å². The Hall–Kier alpha value is -0.430. The molecule has 3 heteroatoms. The summed E-state index contributed by atoms with van der Waals surface area (Å²) >= 11 is 0. The van der Waals surface area contributed by atoms with E-state index in [1.807, 2.05) is 0 Å². The van der Waals surface area contributed by atoms with E-state index >= 15 is 0 Å². The van der Waals surface area contributed by atoms with Crippen molar-refractivity contribution in [3.8, 4) is 0 Å². The summed E-state index contributed by atoms with van der Waals surface area (Å²) in [6.07, 6.45) is 5.13. The Bertz CT molecular complexity index is 319. The second-order valence-corrected chi connectivity index (χ2v) is 7.59. The van der Waals surface area contributed by atoms with Gasteiger partial charge in [-0.05, 0) is 26.9 Å². The molecule has 1 rings (SSSR count). The van der Waals surface area contributed by atoms with E-state index in [0.29, 0.717) is 0 Å². The first kappa shape index (κ1) is 16.6. The number of rotatable bonds is 9. The molecule has 0 saturated heterocycles. The van der Waals surface area contributed by atoms with E-state index in [1.54, 1.807) is 0 Å². The fraction of sp³-hybridized carbons (Fsp3) is 0.625. The molecule has 1 unspecified atom stereocenters. The molecule has 1 aromatic carbocycles. The lowest BCUT2D eigenvalue weighted by Crippen LogP contribution is -2.31. The highest BCUT2D eigenvalue weighted by Gasteiger charge is 2.21. The molecule has 0 N–H and O–H groups in total. The standard InChI is InChI=1S/C16H29N2P/c1-5-7-14-18(15-8-6-2)19(17(3)4)16-12-10-9-11-13-16/h9-13H,5-8,14-15H2,1-4H3. The number of nitrogens with zero attached hydrogens (tertiary/aromatic N) is 2. The van der Waals surface area contributed by atoms with Crippen LogP contribution in [0, 0.1) is 0 Å². The van der Waals surface area contributed by atoms with Gasteiger partial charge in [-0.15, -0.1) is 0 Å². The Morgan fingerprint density at radius 1 is 0.895 bits per heavy atom. The van der Waals surface area contributed by atoms with Crippen LogP contribution < -0.4 is 5.30 Å². The Kier molecular flexibility index (Phi) is 8.29. The predicted molar refractivity (Wildman–Crippen MR) is 88.1 cm³/mol. The summed E-state index contributed by atoms with van der Waals surface area (Å²) in [7, 11) is 4.09. The highest BCUT2D eigenvalue weighted by Crippen LogP contribution is 2.41. The van der Waals surface area contributed by atoms with Crippen molar-refractivity contribution in [2.24, 2.45) is 0 Å². The number of hydrogen-bond donors (Lipinski definition) is 0. The van der Waals surface area contributed by atoms with Crippen molar-refractivity contribution in [1.82, 2.24) is 9.34 Å². The van der Waals surface area contributed by atoms with Crippen molar-refractivity contribution >= 4 is 13.5 Å². The lowest BCUT2D eigenvalue weighted by Gasteiger charge is -2.36. The number of unbranched alkanes of at least 4 members (excludes halogenated alkanes) is 2. The summed E-state index contributed by atoms with van der Waals surface area (Å²) in [5.41, 5.74) is 0. The first-order valence-electron chi connectivity index (χ1n) is 7.48. The fourth-order valence-electron chi connectivity index (χ4n) is 2.19. The zero-order chi connectivity index (χ0) is 14.1. The summed E-state index contributed by atoms with van der Waals surface area (Å²) in [5, 5.41) is 1.47. The van der Waals surface area contributed by atoms with Crippen LogP contribution in [0.1, 0.15) is 39.5 Å². The molecule has 1 atom stereocenters. The summed E-state index contributed by atoms with van der Waals surface area (Å²) in [4.78, 5) is 0. The molecular weight excluding hydrogens is 251 g/mol. The maximum atomic E-state index is 2.69. The molecule has 108 valence electrons. The molecule has 0 heterocycles. The third-order valence-electron chi connectivity index (χ3n) is 3.17. The van der Waals surface area contributed by atoms with Crippen LogP contribution in [0.4, 0.5) is 0 Å². The Morgan fingerprint density at radius 2 is 1.42 bits per heavy atom. The van der Waals surface area contributed by atoms with Crippen LogP contribution in [-0.4, -0.2) is 36.5 Å². The highest BCUT2D eigenvalue weighted by molar-refractivity contribution is 7.60. The molecule has 0 bridgehead atoms. The van der Waals surface area contributed by atoms with Crippen molar-refractivity contribution in [3.05, 3.63) is 30.3 Å². The molecule has 0 spiro atoms. The topological polar surface area (TPSA) is 6.48 Å². The van der Waals surface area contributed by atoms with E-state index in [2.05, 4.69) is 67.6 Å². The molecule has 0 amide bonds. The third-order valence-corrected chi connectivity index (χ3v) is 5.63. The lowest BCUT2D eigenvalue weighted by atomic mass is 10.3. The normalized spacial score (nSPS) is 13.2. The van der Waals surface area contributed by atoms with Crippen LogP contribution >= 0.6 is 8.22 Å². The van der Waals surface area contributed by atoms with Gasteiger partial charge in [0.2, 0.25) is 0 Å². The van der Waals surface area contributed by atoms with Crippen LogP contribution in [0.25, 0.3) is 0 Å². The third kappa shape index (κ3) is 5.60. The minimum Gasteiger partial charge on any atom is -0.272 e. The zero-order valence-electron chi connectivity index (χ0n) is 13.0. The minimum atomic E-state index is -0.335. The Balaban J connectivity index is 2.84. The average Bonchev–Trinajstić information content (AvgIpc) is 2.42. The van der Waals surface area contributed by atoms with Gasteiger partial charge in [-0.25, -0.2) is 0 Å². The Labute approximate surface area is 120 Å². The van der Waals surface area contributed by atoms with E-state index in [1.165, 1.54) is 44.1 Å². The van der Waals surface area contributed by atoms with Gasteiger partial charge >= 0.3 is 0 Å². The predicted octanol–water partition coefficient (Wildman–Crippen LogP) is 4.09. The van der Waals surface area contributed by atoms with Crippen molar-refractivity contribution < 1.29 is 0 Å². The maximum Gasteiger partial charge on any atom is 0.0719 e. The number of hydrogen-bond acceptors (Lipinski definition) is 2. The first-order valence-corrected chi connectivity index (χ1v) is 8.72. The second kappa shape index (κ2) is 9.47. The molecule has 0 radical (unpaired) electrons. The average molecular weight is 280 g/mol. The molecule has 0 aliphatic carbocycles. The molecular formula is C16H29N2P. The van der Waals surface area contributed by atoms with Gasteiger partial charge in [-0.2, -0.15) is 0 Å². The molecule has 0 aromatic heterocycles. The first-order chi connectivity index (χ1) is 9.20. The fourth-order valence-corrected chi connectivity index (χ4v) is 4.59. The van der Waals surface area contributed by atoms with Gasteiger partial charge < -0.3 is 0 Å². The van der Waals surface area contributed by atoms with E-state index in [9.17, 15) is 0 Å². The van der Waals surface area contributed by atoms with Crippen LogP contribution in [0.5, 0.6) is 0 Å². The minimum absolute atomic E-state index is 0.335. The SMILES string of the molecule is CCCCN(CCCC)P(c1ccccc1)N(C)C. The van der Waals surface area contributed by atoms with E-state index in [-0.39, 0.29) is 8.22 Å². The van der Waals surface area contributed by atoms with Crippen molar-refractivity contribution in [1.29, 1.82) is 0 Å². The summed E-state index contributed by atoms with van der Waals surface area (Å²) in [5.74, 6) is 0. The maximum absolute atomic E-state index is 2.69. The van der Waals surface area contributed by atoms with Crippen LogP contribution in [0.15, 0.2) is 30.3 Å². The monoisotopic (exact) mass is 280 g/mol. The zero-order valence-corrected chi connectivity index (χ0v) is 13.9. The van der Waals surface area contributed by atoms with Gasteiger partial charge in [0.05, 0.1) is 8.22 Å². The van der Waals surface area contributed by atoms with Crippen molar-refractivity contribution in [2.75, 3.05) is 27.2 Å². The van der Waals surface area contributed by atoms with Crippen molar-refractivity contribution in [3.63, 3.8) is 0 Å². The second-order valence-electron chi connectivity index (χ2n) is 5.13. The quantitative estimate of drug-likeness (QED) is 0.629. The summed E-state index contributed by atoms with van der Waals surface area (Å²) in [6, 6.07) is 11.0. The van der Waals surface area contributed by atoms with Crippen LogP contribution in [0.2, 0.25) is 0 Å². The molecule has 2 nitrogen and oxygen atoms in total. The molecule has 1 aromatic rings. The van der Waals surface area contributed by atoms with E-state index in [4.69, 9.17) is 0 Å². The summed E-state index contributed by atoms with van der Waals surface area (Å²) < 4.78 is 5.09. The molecule has 19 heavy (non-hydrogen) atoms. The van der Waals surface area contributed by atoms with E-state index in [0.717, 1.165) is 0 Å². The van der Waals surface area contributed by atoms with Crippen LogP contribution in [-0.2, 0) is 0 Å². The molecule has 0 saturated carbocycles. The van der Waals surface area contributed by atoms with E-state index < -0.39 is 0 Å². The van der Waals surface area contributed by atoms with Gasteiger partial charge in [0.15, 0.2) is 0 Å². The Morgan fingerprint density at radius 3 is 1.84 bits per heavy atom. The van der Waals surface area contributed by atoms with Crippen LogP contribution in [0.3, 0.4) is 0 Å². The van der Waals surface area contributed by atoms with Gasteiger partial charge in [-0.3, -0.25) is 9.34 Å².